The number of sulfonamides is 1. The van der Waals surface area contributed by atoms with Crippen LogP contribution in [-0.4, -0.2) is 36.0 Å². The number of nitrogens with zero attached hydrogens (tertiary/aromatic N) is 2. The monoisotopic (exact) mass is 297 g/mol. The number of hydrogen-bond acceptors (Lipinski definition) is 4. The molecular formula is C9H16ClN3O2S2. The van der Waals surface area contributed by atoms with Gasteiger partial charge in [-0.05, 0) is 12.7 Å². The van der Waals surface area contributed by atoms with Gasteiger partial charge in [-0.3, -0.25) is 0 Å². The van der Waals surface area contributed by atoms with E-state index in [1.54, 1.807) is 18.8 Å². The number of aryl methyl sites for hydroxylation is 1. The molecule has 0 spiro atoms. The van der Waals surface area contributed by atoms with Gasteiger partial charge >= 0.3 is 0 Å². The highest BCUT2D eigenvalue weighted by atomic mass is 35.5. The summed E-state index contributed by atoms with van der Waals surface area (Å²) < 4.78 is 28.1. The average Bonchev–Trinajstić information content (AvgIpc) is 2.59. The van der Waals surface area contributed by atoms with E-state index in [0.29, 0.717) is 0 Å². The Labute approximate surface area is 111 Å². The molecule has 5 nitrogen and oxygen atoms in total. The molecule has 0 aliphatic carbocycles. The average molecular weight is 298 g/mol. The van der Waals surface area contributed by atoms with Crippen LogP contribution in [0, 0.1) is 0 Å². The van der Waals surface area contributed by atoms with Gasteiger partial charge < -0.3 is 4.57 Å². The van der Waals surface area contributed by atoms with E-state index in [9.17, 15) is 8.42 Å². The molecule has 98 valence electrons. The molecule has 8 heteroatoms. The fourth-order valence-electron chi connectivity index (χ4n) is 1.29. The molecule has 1 aromatic heterocycles. The van der Waals surface area contributed by atoms with Gasteiger partial charge in [-0.15, -0.1) is 0 Å². The van der Waals surface area contributed by atoms with Crippen LogP contribution in [-0.2, 0) is 17.1 Å². The minimum atomic E-state index is -3.63. The topological polar surface area (TPSA) is 64.0 Å². The van der Waals surface area contributed by atoms with Gasteiger partial charge in [-0.1, -0.05) is 18.5 Å². The van der Waals surface area contributed by atoms with Crippen LogP contribution in [0.3, 0.4) is 0 Å². The van der Waals surface area contributed by atoms with Crippen molar-refractivity contribution in [2.45, 2.75) is 24.4 Å². The maximum Gasteiger partial charge on any atom is 0.261 e. The summed E-state index contributed by atoms with van der Waals surface area (Å²) in [5, 5.41) is 0.0118. The molecule has 0 bridgehead atoms. The molecule has 1 N–H and O–H groups in total. The highest BCUT2D eigenvalue weighted by molar-refractivity contribution is 7.98. The van der Waals surface area contributed by atoms with Crippen molar-refractivity contribution in [3.05, 3.63) is 11.5 Å². The van der Waals surface area contributed by atoms with E-state index in [-0.39, 0.29) is 16.2 Å². The number of imidazole rings is 1. The maximum atomic E-state index is 12.0. The van der Waals surface area contributed by atoms with E-state index >= 15 is 0 Å². The van der Waals surface area contributed by atoms with Crippen LogP contribution in [0.4, 0.5) is 0 Å². The second kappa shape index (κ2) is 6.08. The van der Waals surface area contributed by atoms with E-state index in [1.807, 2.05) is 13.2 Å². The van der Waals surface area contributed by atoms with Gasteiger partial charge in [0, 0.05) is 18.8 Å². The molecule has 0 aliphatic heterocycles. The SMILES string of the molecule is CCC(CSC)NS(=O)(=O)c1ncn(C)c1Cl. The number of nitrogens with one attached hydrogen (secondary N) is 1. The van der Waals surface area contributed by atoms with E-state index in [2.05, 4.69) is 9.71 Å². The fraction of sp³-hybridized carbons (Fsp3) is 0.667. The first-order chi connectivity index (χ1) is 7.92. The quantitative estimate of drug-likeness (QED) is 0.864. The number of thioether (sulfide) groups is 1. The molecule has 0 fully saturated rings. The van der Waals surface area contributed by atoms with Gasteiger partial charge in [0.1, 0.15) is 5.15 Å². The molecule has 0 saturated heterocycles. The lowest BCUT2D eigenvalue weighted by atomic mass is 10.3. The highest BCUT2D eigenvalue weighted by Crippen LogP contribution is 2.19. The summed E-state index contributed by atoms with van der Waals surface area (Å²) in [6, 6.07) is -0.104. The molecule has 17 heavy (non-hydrogen) atoms. The van der Waals surface area contributed by atoms with Crippen molar-refractivity contribution in [2.24, 2.45) is 7.05 Å². The van der Waals surface area contributed by atoms with Crippen molar-refractivity contribution in [3.63, 3.8) is 0 Å². The summed E-state index contributed by atoms with van der Waals surface area (Å²) in [5.74, 6) is 0.722. The van der Waals surface area contributed by atoms with Gasteiger partial charge in [0.05, 0.1) is 6.33 Å². The molecule has 0 amide bonds. The molecule has 1 atom stereocenters. The molecule has 0 aromatic carbocycles. The van der Waals surface area contributed by atoms with E-state index in [4.69, 9.17) is 11.6 Å². The third kappa shape index (κ3) is 3.61. The summed E-state index contributed by atoms with van der Waals surface area (Å²) in [4.78, 5) is 3.81. The van der Waals surface area contributed by atoms with Crippen LogP contribution in [0.2, 0.25) is 5.15 Å². The van der Waals surface area contributed by atoms with Gasteiger partial charge in [0.15, 0.2) is 0 Å². The number of aromatic nitrogens is 2. The lowest BCUT2D eigenvalue weighted by Gasteiger charge is -2.14. The lowest BCUT2D eigenvalue weighted by Crippen LogP contribution is -2.36. The van der Waals surface area contributed by atoms with Crippen molar-refractivity contribution in [1.82, 2.24) is 14.3 Å². The van der Waals surface area contributed by atoms with E-state index < -0.39 is 10.0 Å². The first-order valence-electron chi connectivity index (χ1n) is 5.10. The first kappa shape index (κ1) is 14.8. The number of hydrogen-bond donors (Lipinski definition) is 1. The van der Waals surface area contributed by atoms with E-state index in [0.717, 1.165) is 12.2 Å². The van der Waals surface area contributed by atoms with Crippen molar-refractivity contribution in [2.75, 3.05) is 12.0 Å². The summed E-state index contributed by atoms with van der Waals surface area (Å²) in [5.41, 5.74) is 0. The summed E-state index contributed by atoms with van der Waals surface area (Å²) in [6.07, 6.45) is 4.04. The van der Waals surface area contributed by atoms with Crippen LogP contribution in [0.1, 0.15) is 13.3 Å². The Bertz CT molecular complexity index is 473. The number of halogens is 1. The molecule has 0 saturated carbocycles. The normalized spacial score (nSPS) is 13.9. The van der Waals surface area contributed by atoms with Crippen molar-refractivity contribution in [3.8, 4) is 0 Å². The van der Waals surface area contributed by atoms with E-state index in [1.165, 1.54) is 10.9 Å². The second-order valence-electron chi connectivity index (χ2n) is 3.63. The minimum absolute atomic E-state index is 0.104. The third-order valence-corrected chi connectivity index (χ3v) is 5.02. The van der Waals surface area contributed by atoms with Crippen LogP contribution in [0.5, 0.6) is 0 Å². The minimum Gasteiger partial charge on any atom is -0.324 e. The van der Waals surface area contributed by atoms with Crippen molar-refractivity contribution < 1.29 is 8.42 Å². The largest absolute Gasteiger partial charge is 0.324 e. The van der Waals surface area contributed by atoms with Gasteiger partial charge in [0.2, 0.25) is 5.03 Å². The summed E-state index contributed by atoms with van der Waals surface area (Å²) in [6.45, 7) is 1.93. The standard InChI is InChI=1S/C9H16ClN3O2S2/c1-4-7(5-16-3)12-17(14,15)9-8(10)13(2)6-11-9/h6-7,12H,4-5H2,1-3H3. The summed E-state index contributed by atoms with van der Waals surface area (Å²) >= 11 is 7.47. The lowest BCUT2D eigenvalue weighted by molar-refractivity contribution is 0.555. The molecular weight excluding hydrogens is 282 g/mol. The van der Waals surface area contributed by atoms with Crippen LogP contribution >= 0.6 is 23.4 Å². The maximum absolute atomic E-state index is 12.0. The van der Waals surface area contributed by atoms with Gasteiger partial charge in [-0.2, -0.15) is 11.8 Å². The predicted molar refractivity (Wildman–Crippen MR) is 71.0 cm³/mol. The Morgan fingerprint density at radius 1 is 1.65 bits per heavy atom. The zero-order chi connectivity index (χ0) is 13.1. The van der Waals surface area contributed by atoms with Crippen LogP contribution in [0.25, 0.3) is 0 Å². The fourth-order valence-corrected chi connectivity index (χ4v) is 3.86. The molecule has 1 heterocycles. The van der Waals surface area contributed by atoms with Gasteiger partial charge in [0.25, 0.3) is 10.0 Å². The zero-order valence-corrected chi connectivity index (χ0v) is 12.4. The Morgan fingerprint density at radius 3 is 2.71 bits per heavy atom. The van der Waals surface area contributed by atoms with Crippen molar-refractivity contribution >= 4 is 33.4 Å². The Morgan fingerprint density at radius 2 is 2.29 bits per heavy atom. The first-order valence-corrected chi connectivity index (χ1v) is 8.36. The smallest absolute Gasteiger partial charge is 0.261 e. The van der Waals surface area contributed by atoms with Crippen LogP contribution in [0.15, 0.2) is 11.4 Å². The Balaban J connectivity index is 2.92. The highest BCUT2D eigenvalue weighted by Gasteiger charge is 2.24. The van der Waals surface area contributed by atoms with Crippen molar-refractivity contribution in [1.29, 1.82) is 0 Å². The number of rotatable bonds is 6. The van der Waals surface area contributed by atoms with Gasteiger partial charge in [-0.25, -0.2) is 18.1 Å². The summed E-state index contributed by atoms with van der Waals surface area (Å²) in [7, 11) is -1.98. The Kier molecular flexibility index (Phi) is 5.30. The molecule has 0 aliphatic rings. The van der Waals surface area contributed by atoms with Crippen LogP contribution < -0.4 is 4.72 Å². The molecule has 1 unspecified atom stereocenters. The zero-order valence-electron chi connectivity index (χ0n) is 9.97. The second-order valence-corrected chi connectivity index (χ2v) is 6.53. The molecule has 1 rings (SSSR count). The predicted octanol–water partition coefficient (Wildman–Crippen LogP) is 1.49. The Hall–Kier alpha value is -0.240. The third-order valence-electron chi connectivity index (χ3n) is 2.27. The molecule has 1 aromatic rings. The molecule has 0 radical (unpaired) electrons.